The molecule has 0 radical (unpaired) electrons. The standard InChI is InChI=1S/C10H10ClN5/c11-6-3-7(10(13)15-4-6)9(12)8-1-2-14-5-16-8/h1-5,9H,12H2,(H2,13,15). The maximum atomic E-state index is 6.02. The molecule has 1 unspecified atom stereocenters. The quantitative estimate of drug-likeness (QED) is 0.815. The molecule has 0 aliphatic rings. The fraction of sp³-hybridized carbons (Fsp3) is 0.100. The summed E-state index contributed by atoms with van der Waals surface area (Å²) in [7, 11) is 0. The van der Waals surface area contributed by atoms with E-state index in [1.807, 2.05) is 0 Å². The van der Waals surface area contributed by atoms with Crippen molar-refractivity contribution in [1.82, 2.24) is 15.0 Å². The Hall–Kier alpha value is -1.72. The van der Waals surface area contributed by atoms with Gasteiger partial charge in [-0.2, -0.15) is 0 Å². The van der Waals surface area contributed by atoms with Gasteiger partial charge in [0.1, 0.15) is 12.1 Å². The SMILES string of the molecule is Nc1ncc(Cl)cc1C(N)c1ccncn1. The minimum atomic E-state index is -0.450. The van der Waals surface area contributed by atoms with Gasteiger partial charge in [-0.3, -0.25) is 0 Å². The van der Waals surface area contributed by atoms with E-state index in [0.717, 1.165) is 0 Å². The van der Waals surface area contributed by atoms with Gasteiger partial charge in [-0.1, -0.05) is 11.6 Å². The first kappa shape index (κ1) is 10.8. The smallest absolute Gasteiger partial charge is 0.128 e. The number of hydrogen-bond acceptors (Lipinski definition) is 5. The van der Waals surface area contributed by atoms with Gasteiger partial charge in [0, 0.05) is 18.0 Å². The molecule has 82 valence electrons. The second-order valence-electron chi connectivity index (χ2n) is 3.24. The molecule has 4 N–H and O–H groups in total. The van der Waals surface area contributed by atoms with Crippen molar-refractivity contribution < 1.29 is 0 Å². The van der Waals surface area contributed by atoms with E-state index in [1.54, 1.807) is 18.3 Å². The number of pyridine rings is 1. The molecule has 0 bridgehead atoms. The maximum Gasteiger partial charge on any atom is 0.128 e. The minimum absolute atomic E-state index is 0.357. The van der Waals surface area contributed by atoms with Gasteiger partial charge < -0.3 is 11.5 Å². The average Bonchev–Trinajstić information content (AvgIpc) is 2.32. The molecule has 16 heavy (non-hydrogen) atoms. The summed E-state index contributed by atoms with van der Waals surface area (Å²) in [5.41, 5.74) is 13.1. The predicted octanol–water partition coefficient (Wildman–Crippen LogP) is 1.16. The van der Waals surface area contributed by atoms with Crippen LogP contribution in [0.3, 0.4) is 0 Å². The first-order valence-electron chi connectivity index (χ1n) is 4.61. The van der Waals surface area contributed by atoms with Gasteiger partial charge in [0.05, 0.1) is 16.8 Å². The van der Waals surface area contributed by atoms with Crippen LogP contribution in [-0.4, -0.2) is 15.0 Å². The molecular weight excluding hydrogens is 226 g/mol. The van der Waals surface area contributed by atoms with Crippen molar-refractivity contribution in [3.63, 3.8) is 0 Å². The number of halogens is 1. The third kappa shape index (κ3) is 2.10. The van der Waals surface area contributed by atoms with Crippen molar-refractivity contribution in [3.8, 4) is 0 Å². The largest absolute Gasteiger partial charge is 0.383 e. The monoisotopic (exact) mass is 235 g/mol. The second-order valence-corrected chi connectivity index (χ2v) is 3.68. The molecule has 2 aromatic rings. The number of nitrogen functional groups attached to an aromatic ring is 1. The summed E-state index contributed by atoms with van der Waals surface area (Å²) in [5, 5.41) is 0.494. The summed E-state index contributed by atoms with van der Waals surface area (Å²) in [6.45, 7) is 0. The summed E-state index contributed by atoms with van der Waals surface area (Å²) in [6, 6.07) is 2.97. The molecule has 2 aromatic heterocycles. The molecule has 0 aliphatic carbocycles. The molecule has 6 heteroatoms. The molecule has 2 heterocycles. The first-order valence-corrected chi connectivity index (χ1v) is 4.98. The van der Waals surface area contributed by atoms with Gasteiger partial charge in [0.25, 0.3) is 0 Å². The highest BCUT2D eigenvalue weighted by Gasteiger charge is 2.14. The van der Waals surface area contributed by atoms with Crippen LogP contribution in [0.1, 0.15) is 17.3 Å². The Morgan fingerprint density at radius 3 is 2.81 bits per heavy atom. The lowest BCUT2D eigenvalue weighted by Crippen LogP contribution is -2.16. The maximum absolute atomic E-state index is 6.02. The lowest BCUT2D eigenvalue weighted by Gasteiger charge is -2.12. The summed E-state index contributed by atoms with van der Waals surface area (Å²) >= 11 is 5.84. The van der Waals surface area contributed by atoms with E-state index in [0.29, 0.717) is 22.1 Å². The lowest BCUT2D eigenvalue weighted by molar-refractivity contribution is 0.818. The van der Waals surface area contributed by atoms with Gasteiger partial charge in [-0.05, 0) is 12.1 Å². The van der Waals surface area contributed by atoms with Gasteiger partial charge in [0.2, 0.25) is 0 Å². The fourth-order valence-corrected chi connectivity index (χ4v) is 1.53. The normalized spacial score (nSPS) is 12.4. The molecule has 0 fully saturated rings. The van der Waals surface area contributed by atoms with Crippen molar-refractivity contribution in [2.45, 2.75) is 6.04 Å². The number of hydrogen-bond donors (Lipinski definition) is 2. The van der Waals surface area contributed by atoms with E-state index in [4.69, 9.17) is 23.1 Å². The third-order valence-corrected chi connectivity index (χ3v) is 2.38. The number of nitrogens with zero attached hydrogens (tertiary/aromatic N) is 3. The van der Waals surface area contributed by atoms with E-state index in [1.165, 1.54) is 12.5 Å². The van der Waals surface area contributed by atoms with E-state index >= 15 is 0 Å². The zero-order valence-corrected chi connectivity index (χ0v) is 9.09. The number of nitrogens with two attached hydrogens (primary N) is 2. The number of rotatable bonds is 2. The average molecular weight is 236 g/mol. The third-order valence-electron chi connectivity index (χ3n) is 2.17. The molecule has 0 aliphatic heterocycles. The molecule has 0 aromatic carbocycles. The van der Waals surface area contributed by atoms with Crippen LogP contribution in [0.15, 0.2) is 30.9 Å². The van der Waals surface area contributed by atoms with Gasteiger partial charge in [0.15, 0.2) is 0 Å². The zero-order chi connectivity index (χ0) is 11.5. The van der Waals surface area contributed by atoms with Crippen LogP contribution in [-0.2, 0) is 0 Å². The van der Waals surface area contributed by atoms with Crippen molar-refractivity contribution >= 4 is 17.4 Å². The summed E-state index contributed by atoms with van der Waals surface area (Å²) < 4.78 is 0. The number of anilines is 1. The lowest BCUT2D eigenvalue weighted by atomic mass is 10.1. The van der Waals surface area contributed by atoms with Gasteiger partial charge >= 0.3 is 0 Å². The van der Waals surface area contributed by atoms with Crippen LogP contribution >= 0.6 is 11.6 Å². The summed E-state index contributed by atoms with van der Waals surface area (Å²) in [6.07, 6.45) is 4.53. The van der Waals surface area contributed by atoms with Crippen LogP contribution in [0.2, 0.25) is 5.02 Å². The molecule has 0 saturated carbocycles. The Morgan fingerprint density at radius 2 is 2.12 bits per heavy atom. The van der Waals surface area contributed by atoms with Crippen molar-refractivity contribution in [1.29, 1.82) is 0 Å². The van der Waals surface area contributed by atoms with Crippen LogP contribution in [0.5, 0.6) is 0 Å². The molecule has 5 nitrogen and oxygen atoms in total. The molecule has 1 atom stereocenters. The van der Waals surface area contributed by atoms with Crippen molar-refractivity contribution in [2.24, 2.45) is 5.73 Å². The predicted molar refractivity (Wildman–Crippen MR) is 61.7 cm³/mol. The Kier molecular flexibility index (Phi) is 2.98. The zero-order valence-electron chi connectivity index (χ0n) is 8.34. The molecule has 0 amide bonds. The molecular formula is C10H10ClN5. The van der Waals surface area contributed by atoms with E-state index < -0.39 is 6.04 Å². The minimum Gasteiger partial charge on any atom is -0.383 e. The highest BCUT2D eigenvalue weighted by molar-refractivity contribution is 6.30. The van der Waals surface area contributed by atoms with E-state index in [9.17, 15) is 0 Å². The summed E-state index contributed by atoms with van der Waals surface area (Å²) in [4.78, 5) is 11.8. The van der Waals surface area contributed by atoms with Crippen LogP contribution < -0.4 is 11.5 Å². The van der Waals surface area contributed by atoms with Gasteiger partial charge in [-0.25, -0.2) is 15.0 Å². The summed E-state index contributed by atoms with van der Waals surface area (Å²) in [5.74, 6) is 0.357. The van der Waals surface area contributed by atoms with Gasteiger partial charge in [-0.15, -0.1) is 0 Å². The number of aromatic nitrogens is 3. The topological polar surface area (TPSA) is 90.7 Å². The highest BCUT2D eigenvalue weighted by atomic mass is 35.5. The van der Waals surface area contributed by atoms with Crippen LogP contribution in [0.4, 0.5) is 5.82 Å². The Balaban J connectivity index is 2.41. The Bertz CT molecular complexity index is 488. The second kappa shape index (κ2) is 4.42. The Morgan fingerprint density at radius 1 is 1.31 bits per heavy atom. The Labute approximate surface area is 97.5 Å². The van der Waals surface area contributed by atoms with Crippen LogP contribution in [0, 0.1) is 0 Å². The van der Waals surface area contributed by atoms with E-state index in [2.05, 4.69) is 15.0 Å². The highest BCUT2D eigenvalue weighted by Crippen LogP contribution is 2.24. The molecule has 0 spiro atoms. The molecule has 2 rings (SSSR count). The van der Waals surface area contributed by atoms with Crippen LogP contribution in [0.25, 0.3) is 0 Å². The van der Waals surface area contributed by atoms with Crippen molar-refractivity contribution in [3.05, 3.63) is 47.1 Å². The molecule has 0 saturated heterocycles. The first-order chi connectivity index (χ1) is 7.68. The van der Waals surface area contributed by atoms with Crippen molar-refractivity contribution in [2.75, 3.05) is 5.73 Å². The van der Waals surface area contributed by atoms with E-state index in [-0.39, 0.29) is 0 Å². The fourth-order valence-electron chi connectivity index (χ4n) is 1.36.